The van der Waals surface area contributed by atoms with Gasteiger partial charge in [-0.2, -0.15) is 0 Å². The Labute approximate surface area is 128 Å². The van der Waals surface area contributed by atoms with Crippen LogP contribution in [0.4, 0.5) is 0 Å². The third kappa shape index (κ3) is 1.60. The van der Waals surface area contributed by atoms with Crippen LogP contribution in [0.25, 0.3) is 21.8 Å². The fourth-order valence-electron chi connectivity index (χ4n) is 3.90. The number of para-hydroxylation sites is 2. The fourth-order valence-corrected chi connectivity index (χ4v) is 3.90. The molecule has 1 aliphatic heterocycles. The van der Waals surface area contributed by atoms with E-state index in [-0.39, 0.29) is 0 Å². The average Bonchev–Trinajstić information content (AvgIpc) is 3.16. The molecule has 1 atom stereocenters. The molecule has 4 N–H and O–H groups in total. The van der Waals surface area contributed by atoms with Gasteiger partial charge in [-0.25, -0.2) is 0 Å². The molecule has 0 bridgehead atoms. The van der Waals surface area contributed by atoms with Crippen molar-refractivity contribution in [2.24, 2.45) is 0 Å². The van der Waals surface area contributed by atoms with E-state index in [9.17, 15) is 0 Å². The lowest BCUT2D eigenvalue weighted by atomic mass is 9.94. The number of H-pyrrole nitrogens is 2. The van der Waals surface area contributed by atoms with Crippen LogP contribution in [0.2, 0.25) is 0 Å². The van der Waals surface area contributed by atoms with Crippen LogP contribution in [0, 0.1) is 0 Å². The Morgan fingerprint density at radius 3 is 2.59 bits per heavy atom. The highest BCUT2D eigenvalue weighted by Crippen LogP contribution is 2.33. The molecule has 5 rings (SSSR count). The molecule has 0 unspecified atom stereocenters. The summed E-state index contributed by atoms with van der Waals surface area (Å²) < 4.78 is 0. The van der Waals surface area contributed by atoms with Gasteiger partial charge in [0.2, 0.25) is 0 Å². The number of nitrogens with one attached hydrogen (secondary N) is 2. The predicted octanol–water partition coefficient (Wildman–Crippen LogP) is 2.86. The summed E-state index contributed by atoms with van der Waals surface area (Å²) in [5, 5.41) is 5.17. The lowest BCUT2D eigenvalue weighted by molar-refractivity contribution is -0.690. The van der Waals surface area contributed by atoms with Crippen molar-refractivity contribution in [2.75, 3.05) is 6.54 Å². The van der Waals surface area contributed by atoms with Crippen LogP contribution in [-0.2, 0) is 6.42 Å². The standard InChI is InChI=1S/C19H17N3/c1-3-7-16-13(6-1)15(11-21-16)18-19-14(9-10-20-18)12-5-2-4-8-17(12)22-19/h1-8,11,18,20-22H,9-10H2/p+1/t18-/m1/s1. The smallest absolute Gasteiger partial charge is 0.155 e. The number of quaternary nitrogens is 1. The Bertz CT molecular complexity index is 977. The first-order valence-corrected chi connectivity index (χ1v) is 7.90. The summed E-state index contributed by atoms with van der Waals surface area (Å²) >= 11 is 0. The molecule has 3 heterocycles. The highest BCUT2D eigenvalue weighted by atomic mass is 15.0. The van der Waals surface area contributed by atoms with Crippen LogP contribution in [0.5, 0.6) is 0 Å². The van der Waals surface area contributed by atoms with Crippen LogP contribution in [0.1, 0.15) is 22.9 Å². The summed E-state index contributed by atoms with van der Waals surface area (Å²) in [4.78, 5) is 7.09. The van der Waals surface area contributed by atoms with Crippen LogP contribution in [-0.4, -0.2) is 16.5 Å². The zero-order valence-electron chi connectivity index (χ0n) is 12.3. The first-order valence-electron chi connectivity index (χ1n) is 7.90. The van der Waals surface area contributed by atoms with E-state index in [1.807, 2.05) is 0 Å². The Balaban J connectivity index is 1.75. The van der Waals surface area contributed by atoms with Crippen LogP contribution < -0.4 is 5.32 Å². The van der Waals surface area contributed by atoms with E-state index in [0.717, 1.165) is 13.0 Å². The minimum atomic E-state index is 0.354. The number of aromatic amines is 2. The number of hydrogen-bond acceptors (Lipinski definition) is 0. The second-order valence-electron chi connectivity index (χ2n) is 6.10. The molecule has 1 aliphatic rings. The monoisotopic (exact) mass is 288 g/mol. The maximum absolute atomic E-state index is 3.67. The van der Waals surface area contributed by atoms with Gasteiger partial charge in [0.15, 0.2) is 6.04 Å². The summed E-state index contributed by atoms with van der Waals surface area (Å²) in [5.41, 5.74) is 6.72. The molecule has 3 heteroatoms. The Morgan fingerprint density at radius 2 is 1.68 bits per heavy atom. The average molecular weight is 288 g/mol. The minimum absolute atomic E-state index is 0.354. The number of hydrogen-bond donors (Lipinski definition) is 3. The van der Waals surface area contributed by atoms with E-state index in [1.54, 1.807) is 0 Å². The molecule has 0 aliphatic carbocycles. The van der Waals surface area contributed by atoms with Gasteiger partial charge in [-0.15, -0.1) is 0 Å². The molecule has 108 valence electrons. The van der Waals surface area contributed by atoms with E-state index in [4.69, 9.17) is 0 Å². The van der Waals surface area contributed by atoms with Gasteiger partial charge in [-0.1, -0.05) is 36.4 Å². The van der Waals surface area contributed by atoms with Crippen molar-refractivity contribution in [1.82, 2.24) is 9.97 Å². The maximum Gasteiger partial charge on any atom is 0.155 e. The van der Waals surface area contributed by atoms with E-state index < -0.39 is 0 Å². The van der Waals surface area contributed by atoms with Crippen molar-refractivity contribution in [1.29, 1.82) is 0 Å². The number of fused-ring (bicyclic) bond motifs is 4. The van der Waals surface area contributed by atoms with Gasteiger partial charge < -0.3 is 15.3 Å². The molecule has 0 radical (unpaired) electrons. The molecule has 2 aromatic heterocycles. The highest BCUT2D eigenvalue weighted by molar-refractivity contribution is 5.87. The number of benzene rings is 2. The molecule has 3 nitrogen and oxygen atoms in total. The van der Waals surface area contributed by atoms with Crippen molar-refractivity contribution >= 4 is 21.8 Å². The first-order chi connectivity index (χ1) is 10.9. The van der Waals surface area contributed by atoms with Gasteiger partial charge in [-0.05, 0) is 17.7 Å². The molecule has 0 fully saturated rings. The SMILES string of the molecule is c1ccc2c([C@H]3[NH2+]CCc4c3[nH]c3ccccc43)c[nH]c2c1. The highest BCUT2D eigenvalue weighted by Gasteiger charge is 2.30. The van der Waals surface area contributed by atoms with E-state index in [1.165, 1.54) is 38.6 Å². The second-order valence-corrected chi connectivity index (χ2v) is 6.10. The van der Waals surface area contributed by atoms with Crippen molar-refractivity contribution in [3.63, 3.8) is 0 Å². The summed E-state index contributed by atoms with van der Waals surface area (Å²) in [6.07, 6.45) is 3.31. The quantitative estimate of drug-likeness (QED) is 0.482. The van der Waals surface area contributed by atoms with Gasteiger partial charge in [0, 0.05) is 40.0 Å². The summed E-state index contributed by atoms with van der Waals surface area (Å²) in [6, 6.07) is 17.6. The molecular formula is C19H18N3+. The Kier molecular flexibility index (Phi) is 2.46. The predicted molar refractivity (Wildman–Crippen MR) is 88.9 cm³/mol. The molecular weight excluding hydrogens is 270 g/mol. The van der Waals surface area contributed by atoms with Gasteiger partial charge in [-0.3, -0.25) is 0 Å². The molecule has 0 amide bonds. The molecule has 22 heavy (non-hydrogen) atoms. The summed E-state index contributed by atoms with van der Waals surface area (Å²) in [7, 11) is 0. The zero-order chi connectivity index (χ0) is 14.5. The zero-order valence-corrected chi connectivity index (χ0v) is 12.3. The van der Waals surface area contributed by atoms with Crippen LogP contribution >= 0.6 is 0 Å². The van der Waals surface area contributed by atoms with E-state index in [2.05, 4.69) is 70.0 Å². The maximum atomic E-state index is 3.67. The van der Waals surface area contributed by atoms with Gasteiger partial charge >= 0.3 is 0 Å². The molecule has 2 aromatic carbocycles. The van der Waals surface area contributed by atoms with E-state index >= 15 is 0 Å². The third-order valence-corrected chi connectivity index (χ3v) is 4.91. The van der Waals surface area contributed by atoms with E-state index in [0.29, 0.717) is 6.04 Å². The summed E-state index contributed by atoms with van der Waals surface area (Å²) in [6.45, 7) is 1.14. The van der Waals surface area contributed by atoms with Crippen molar-refractivity contribution in [3.05, 3.63) is 71.5 Å². The van der Waals surface area contributed by atoms with Crippen molar-refractivity contribution in [3.8, 4) is 0 Å². The Hall–Kier alpha value is -2.52. The van der Waals surface area contributed by atoms with Gasteiger partial charge in [0.25, 0.3) is 0 Å². The largest absolute Gasteiger partial charge is 0.361 e. The van der Waals surface area contributed by atoms with Crippen molar-refractivity contribution in [2.45, 2.75) is 12.5 Å². The number of nitrogens with two attached hydrogens (primary N) is 1. The molecule has 0 spiro atoms. The van der Waals surface area contributed by atoms with Gasteiger partial charge in [0.05, 0.1) is 12.2 Å². The van der Waals surface area contributed by atoms with Crippen molar-refractivity contribution < 1.29 is 5.32 Å². The molecule has 0 saturated carbocycles. The second kappa shape index (κ2) is 4.49. The van der Waals surface area contributed by atoms with Gasteiger partial charge in [0.1, 0.15) is 0 Å². The van der Waals surface area contributed by atoms with Crippen LogP contribution in [0.15, 0.2) is 54.7 Å². The Morgan fingerprint density at radius 1 is 0.909 bits per heavy atom. The topological polar surface area (TPSA) is 48.2 Å². The minimum Gasteiger partial charge on any atom is -0.361 e. The number of rotatable bonds is 1. The molecule has 4 aromatic rings. The van der Waals surface area contributed by atoms with Crippen LogP contribution in [0.3, 0.4) is 0 Å². The number of aromatic nitrogens is 2. The normalized spacial score (nSPS) is 17.9. The first kappa shape index (κ1) is 12.1. The third-order valence-electron chi connectivity index (χ3n) is 4.91. The fraction of sp³-hybridized carbons (Fsp3) is 0.158. The summed E-state index contributed by atoms with van der Waals surface area (Å²) in [5.74, 6) is 0. The lowest BCUT2D eigenvalue weighted by Gasteiger charge is -2.21. The lowest BCUT2D eigenvalue weighted by Crippen LogP contribution is -2.87. The molecule has 0 saturated heterocycles.